The average Bonchev–Trinajstić information content (AvgIpc) is 2.27. The molecule has 0 aliphatic carbocycles. The fraction of sp³-hybridized carbons (Fsp3) is 0.533. The van der Waals surface area contributed by atoms with Crippen molar-refractivity contribution >= 4 is 11.7 Å². The molecule has 1 saturated heterocycles. The van der Waals surface area contributed by atoms with Gasteiger partial charge in [0.1, 0.15) is 0 Å². The van der Waals surface area contributed by atoms with Crippen LogP contribution in [-0.4, -0.2) is 38.4 Å². The molecule has 0 unspecified atom stereocenters. The van der Waals surface area contributed by atoms with Crippen molar-refractivity contribution < 1.29 is 14.6 Å². The molecule has 0 aromatic heterocycles. The molecular weight excluding hydrogens is 242 g/mol. The zero-order valence-corrected chi connectivity index (χ0v) is 11.9. The van der Waals surface area contributed by atoms with Crippen LogP contribution in [-0.2, 0) is 14.9 Å². The van der Waals surface area contributed by atoms with E-state index >= 15 is 0 Å². The largest absolute Gasteiger partial charge is 0.481 e. The smallest absolute Gasteiger partial charge is 0.310 e. The Hall–Kier alpha value is -1.55. The summed E-state index contributed by atoms with van der Waals surface area (Å²) < 4.78 is 5.33. The highest BCUT2D eigenvalue weighted by atomic mass is 16.5. The van der Waals surface area contributed by atoms with Crippen LogP contribution in [0.5, 0.6) is 0 Å². The molecule has 1 aliphatic heterocycles. The molecule has 1 fully saturated rings. The Bertz CT molecular complexity index is 473. The minimum Gasteiger partial charge on any atom is -0.481 e. The molecule has 1 N–H and O–H groups in total. The zero-order valence-electron chi connectivity index (χ0n) is 11.9. The number of aliphatic carboxylic acids is 1. The molecule has 4 nitrogen and oxygen atoms in total. The topological polar surface area (TPSA) is 49.8 Å². The van der Waals surface area contributed by atoms with Crippen molar-refractivity contribution in [1.29, 1.82) is 0 Å². The minimum atomic E-state index is -0.842. The molecule has 0 bridgehead atoms. The maximum absolute atomic E-state index is 11.5. The lowest BCUT2D eigenvalue weighted by Crippen LogP contribution is -2.59. The summed E-state index contributed by atoms with van der Waals surface area (Å²) in [6, 6.07) is 8.08. The molecule has 104 valence electrons. The SMILES string of the molecule is CN(C)c1ccc(C2(C(C)(C)C(=O)O)COC2)cc1. The summed E-state index contributed by atoms with van der Waals surface area (Å²) in [5.41, 5.74) is 0.873. The van der Waals surface area contributed by atoms with Crippen molar-refractivity contribution in [2.75, 3.05) is 32.2 Å². The Kier molecular flexibility index (Phi) is 3.31. The van der Waals surface area contributed by atoms with Crippen molar-refractivity contribution in [2.45, 2.75) is 19.3 Å². The molecule has 0 radical (unpaired) electrons. The molecular formula is C15H21NO3. The van der Waals surface area contributed by atoms with Gasteiger partial charge in [-0.25, -0.2) is 0 Å². The van der Waals surface area contributed by atoms with Gasteiger partial charge in [-0.05, 0) is 31.5 Å². The van der Waals surface area contributed by atoms with E-state index in [0.29, 0.717) is 13.2 Å². The second kappa shape index (κ2) is 4.53. The number of hydrogen-bond acceptors (Lipinski definition) is 3. The van der Waals surface area contributed by atoms with E-state index in [1.807, 2.05) is 43.3 Å². The normalized spacial score (nSPS) is 17.7. The molecule has 0 atom stereocenters. The van der Waals surface area contributed by atoms with Gasteiger partial charge in [-0.15, -0.1) is 0 Å². The van der Waals surface area contributed by atoms with Crippen LogP contribution in [0.15, 0.2) is 24.3 Å². The van der Waals surface area contributed by atoms with Gasteiger partial charge in [0.05, 0.1) is 24.0 Å². The minimum absolute atomic E-state index is 0.427. The van der Waals surface area contributed by atoms with E-state index in [2.05, 4.69) is 0 Å². The van der Waals surface area contributed by atoms with Crippen molar-refractivity contribution in [2.24, 2.45) is 5.41 Å². The van der Waals surface area contributed by atoms with Crippen LogP contribution >= 0.6 is 0 Å². The van der Waals surface area contributed by atoms with E-state index in [-0.39, 0.29) is 0 Å². The van der Waals surface area contributed by atoms with E-state index in [1.54, 1.807) is 13.8 Å². The highest BCUT2D eigenvalue weighted by molar-refractivity contribution is 5.77. The first-order valence-electron chi connectivity index (χ1n) is 6.40. The molecule has 1 aromatic carbocycles. The monoisotopic (exact) mass is 263 g/mol. The highest BCUT2D eigenvalue weighted by Gasteiger charge is 2.56. The summed E-state index contributed by atoms with van der Waals surface area (Å²) in [7, 11) is 3.97. The molecule has 0 spiro atoms. The Morgan fingerprint density at radius 2 is 1.79 bits per heavy atom. The number of hydrogen-bond donors (Lipinski definition) is 1. The summed E-state index contributed by atoms with van der Waals surface area (Å²) >= 11 is 0. The summed E-state index contributed by atoms with van der Waals surface area (Å²) in [5, 5.41) is 9.48. The molecule has 1 aliphatic rings. The van der Waals surface area contributed by atoms with Crippen molar-refractivity contribution in [3.05, 3.63) is 29.8 Å². The second-order valence-corrected chi connectivity index (χ2v) is 5.95. The van der Waals surface area contributed by atoms with Crippen molar-refractivity contribution in [3.8, 4) is 0 Å². The van der Waals surface area contributed by atoms with E-state index < -0.39 is 16.8 Å². The van der Waals surface area contributed by atoms with Crippen LogP contribution in [0.1, 0.15) is 19.4 Å². The first-order valence-corrected chi connectivity index (χ1v) is 6.40. The lowest BCUT2D eigenvalue weighted by Gasteiger charge is -2.50. The maximum atomic E-state index is 11.5. The molecule has 0 saturated carbocycles. The summed E-state index contributed by atoms with van der Waals surface area (Å²) in [4.78, 5) is 13.6. The summed E-state index contributed by atoms with van der Waals surface area (Å²) in [5.74, 6) is -0.785. The number of ether oxygens (including phenoxy) is 1. The van der Waals surface area contributed by atoms with Gasteiger partial charge in [-0.1, -0.05) is 12.1 Å². The van der Waals surface area contributed by atoms with Gasteiger partial charge >= 0.3 is 5.97 Å². The standard InChI is InChI=1S/C15H21NO3/c1-14(2,13(17)18)15(9-19-10-15)11-5-7-12(8-6-11)16(3)4/h5-8H,9-10H2,1-4H3,(H,17,18). The van der Waals surface area contributed by atoms with Crippen LogP contribution in [0.2, 0.25) is 0 Å². The number of carboxylic acid groups (broad SMARTS) is 1. The van der Waals surface area contributed by atoms with E-state index in [9.17, 15) is 9.90 Å². The lowest BCUT2D eigenvalue weighted by molar-refractivity contribution is -0.171. The average molecular weight is 263 g/mol. The van der Waals surface area contributed by atoms with E-state index in [4.69, 9.17) is 4.74 Å². The Morgan fingerprint density at radius 3 is 2.11 bits per heavy atom. The lowest BCUT2D eigenvalue weighted by atomic mass is 9.60. The van der Waals surface area contributed by atoms with Crippen LogP contribution < -0.4 is 4.90 Å². The van der Waals surface area contributed by atoms with Gasteiger partial charge < -0.3 is 14.7 Å². The van der Waals surface area contributed by atoms with Crippen LogP contribution in [0, 0.1) is 5.41 Å². The van der Waals surface area contributed by atoms with Crippen molar-refractivity contribution in [1.82, 2.24) is 0 Å². The Labute approximate surface area is 114 Å². The van der Waals surface area contributed by atoms with Crippen molar-refractivity contribution in [3.63, 3.8) is 0 Å². The summed E-state index contributed by atoms with van der Waals surface area (Å²) in [6.45, 7) is 4.48. The quantitative estimate of drug-likeness (QED) is 0.904. The molecule has 1 heterocycles. The molecule has 2 rings (SSSR count). The van der Waals surface area contributed by atoms with Gasteiger partial charge in [0.2, 0.25) is 0 Å². The third kappa shape index (κ3) is 2.00. The molecule has 1 aromatic rings. The fourth-order valence-corrected chi connectivity index (χ4v) is 2.48. The maximum Gasteiger partial charge on any atom is 0.310 e. The zero-order chi connectivity index (χ0) is 14.3. The van der Waals surface area contributed by atoms with Crippen LogP contribution in [0.4, 0.5) is 5.69 Å². The highest BCUT2D eigenvalue weighted by Crippen LogP contribution is 2.47. The van der Waals surface area contributed by atoms with Crippen LogP contribution in [0.25, 0.3) is 0 Å². The number of nitrogens with zero attached hydrogens (tertiary/aromatic N) is 1. The number of rotatable bonds is 4. The summed E-state index contributed by atoms with van der Waals surface area (Å²) in [6.07, 6.45) is 0. The number of carboxylic acids is 1. The first-order chi connectivity index (χ1) is 8.81. The fourth-order valence-electron chi connectivity index (χ4n) is 2.48. The molecule has 4 heteroatoms. The Morgan fingerprint density at radius 1 is 1.26 bits per heavy atom. The van der Waals surface area contributed by atoms with Gasteiger partial charge in [-0.2, -0.15) is 0 Å². The third-order valence-corrected chi connectivity index (χ3v) is 4.36. The van der Waals surface area contributed by atoms with Gasteiger partial charge in [-0.3, -0.25) is 4.79 Å². The molecule has 19 heavy (non-hydrogen) atoms. The van der Waals surface area contributed by atoms with E-state index in [1.165, 1.54) is 0 Å². The number of benzene rings is 1. The van der Waals surface area contributed by atoms with Gasteiger partial charge in [0, 0.05) is 19.8 Å². The second-order valence-electron chi connectivity index (χ2n) is 5.95. The van der Waals surface area contributed by atoms with Gasteiger partial charge in [0.25, 0.3) is 0 Å². The number of carbonyl (C=O) groups is 1. The Balaban J connectivity index is 2.40. The van der Waals surface area contributed by atoms with Gasteiger partial charge in [0.15, 0.2) is 0 Å². The first kappa shape index (κ1) is 13.9. The predicted molar refractivity (Wildman–Crippen MR) is 74.7 cm³/mol. The number of anilines is 1. The molecule has 0 amide bonds. The predicted octanol–water partition coefficient (Wildman–Crippen LogP) is 2.13. The van der Waals surface area contributed by atoms with E-state index in [0.717, 1.165) is 11.3 Å². The van der Waals surface area contributed by atoms with Crippen LogP contribution in [0.3, 0.4) is 0 Å². The third-order valence-electron chi connectivity index (χ3n) is 4.36.